The number of carbonyl (C=O) groups is 2. The maximum Gasteiger partial charge on any atom is 0.256 e. The number of hydrogen-bond acceptors (Lipinski definition) is 7. The number of rotatable bonds is 7. The molecule has 0 bridgehead atoms. The Balaban J connectivity index is 0.00000109. The van der Waals surface area contributed by atoms with Crippen LogP contribution in [0.5, 0.6) is 0 Å². The van der Waals surface area contributed by atoms with E-state index >= 15 is 0 Å². The second kappa shape index (κ2) is 14.8. The zero-order valence-corrected chi connectivity index (χ0v) is 23.5. The molecular formula is C28H43N5O2S. The highest BCUT2D eigenvalue weighted by atomic mass is 32.2. The zero-order valence-electron chi connectivity index (χ0n) is 22.6. The highest BCUT2D eigenvalue weighted by Gasteiger charge is 2.39. The van der Waals surface area contributed by atoms with Crippen molar-refractivity contribution in [2.75, 3.05) is 12.0 Å². The van der Waals surface area contributed by atoms with Gasteiger partial charge in [0.2, 0.25) is 0 Å². The molecule has 8 heteroatoms. The van der Waals surface area contributed by atoms with Crippen LogP contribution in [-0.4, -0.2) is 47.0 Å². The third-order valence-corrected chi connectivity index (χ3v) is 8.08. The predicted octanol–water partition coefficient (Wildman–Crippen LogP) is 6.29. The van der Waals surface area contributed by atoms with Crippen molar-refractivity contribution in [1.29, 1.82) is 5.41 Å². The largest absolute Gasteiger partial charge is 0.369 e. The van der Waals surface area contributed by atoms with E-state index in [0.29, 0.717) is 17.8 Å². The first-order valence-corrected chi connectivity index (χ1v) is 14.2. The van der Waals surface area contributed by atoms with Crippen LogP contribution in [0.1, 0.15) is 84.0 Å². The number of amides is 1. The molecule has 3 atom stereocenters. The molecule has 198 valence electrons. The van der Waals surface area contributed by atoms with Crippen molar-refractivity contribution in [2.24, 2.45) is 16.9 Å². The van der Waals surface area contributed by atoms with Crippen molar-refractivity contribution in [2.45, 2.75) is 85.1 Å². The fraction of sp³-hybridized carbons (Fsp3) is 0.571. The van der Waals surface area contributed by atoms with Gasteiger partial charge in [-0.1, -0.05) is 46.2 Å². The molecule has 1 aromatic rings. The third-order valence-electron chi connectivity index (χ3n) is 6.76. The zero-order chi connectivity index (χ0) is 26.7. The summed E-state index contributed by atoms with van der Waals surface area (Å²) in [5.41, 5.74) is 4.88. The summed E-state index contributed by atoms with van der Waals surface area (Å²) in [6.45, 7) is 12.8. The maximum absolute atomic E-state index is 13.5. The minimum atomic E-state index is -0.0196. The topological polar surface area (TPSA) is 97.7 Å². The summed E-state index contributed by atoms with van der Waals surface area (Å²) in [6, 6.07) is 7.49. The van der Waals surface area contributed by atoms with Crippen molar-refractivity contribution < 1.29 is 9.59 Å². The molecule has 4 rings (SSSR count). The summed E-state index contributed by atoms with van der Waals surface area (Å²) >= 11 is 1.75. The van der Waals surface area contributed by atoms with E-state index in [1.807, 2.05) is 63.8 Å². The first-order valence-electron chi connectivity index (χ1n) is 13.4. The molecule has 0 spiro atoms. The number of allylic oxidation sites excluding steroid dienone is 2. The Morgan fingerprint density at radius 2 is 1.83 bits per heavy atom. The Morgan fingerprint density at radius 1 is 1.14 bits per heavy atom. The number of carbonyl (C=O) groups excluding carboxylic acids is 2. The molecule has 1 aliphatic carbocycles. The van der Waals surface area contributed by atoms with Gasteiger partial charge in [-0.15, -0.1) is 11.8 Å². The molecule has 3 N–H and O–H groups in total. The summed E-state index contributed by atoms with van der Waals surface area (Å²) in [6.07, 6.45) is 7.54. The molecule has 7 nitrogen and oxygen atoms in total. The third kappa shape index (κ3) is 6.99. The van der Waals surface area contributed by atoms with Crippen LogP contribution in [0.25, 0.3) is 0 Å². The molecule has 2 heterocycles. The molecule has 3 aliphatic rings. The van der Waals surface area contributed by atoms with Crippen molar-refractivity contribution in [3.05, 3.63) is 40.4 Å². The van der Waals surface area contributed by atoms with Crippen LogP contribution >= 0.6 is 11.8 Å². The van der Waals surface area contributed by atoms with E-state index in [4.69, 9.17) is 5.41 Å². The second-order valence-corrected chi connectivity index (χ2v) is 10.2. The van der Waals surface area contributed by atoms with Gasteiger partial charge in [0.05, 0.1) is 28.5 Å². The number of hydrazone groups is 1. The van der Waals surface area contributed by atoms with Gasteiger partial charge in [0, 0.05) is 35.5 Å². The van der Waals surface area contributed by atoms with Gasteiger partial charge >= 0.3 is 0 Å². The number of ketones is 1. The van der Waals surface area contributed by atoms with Crippen LogP contribution in [-0.2, 0) is 4.79 Å². The fourth-order valence-electron chi connectivity index (χ4n) is 4.59. The van der Waals surface area contributed by atoms with Crippen LogP contribution in [0.15, 0.2) is 40.0 Å². The lowest BCUT2D eigenvalue weighted by atomic mass is 9.81. The van der Waals surface area contributed by atoms with Crippen molar-refractivity contribution in [3.8, 4) is 0 Å². The number of benzene rings is 1. The lowest BCUT2D eigenvalue weighted by Gasteiger charge is -2.40. The summed E-state index contributed by atoms with van der Waals surface area (Å²) in [5, 5.41) is 14.7. The Morgan fingerprint density at radius 3 is 2.47 bits per heavy atom. The monoisotopic (exact) mass is 513 g/mol. The molecule has 1 saturated heterocycles. The van der Waals surface area contributed by atoms with Crippen molar-refractivity contribution in [3.63, 3.8) is 0 Å². The van der Waals surface area contributed by atoms with Crippen LogP contribution < -0.4 is 10.7 Å². The van der Waals surface area contributed by atoms with Gasteiger partial charge in [-0.3, -0.25) is 15.0 Å². The van der Waals surface area contributed by atoms with E-state index in [9.17, 15) is 9.59 Å². The number of nitrogens with zero attached hydrogens (tertiary/aromatic N) is 2. The Bertz CT molecular complexity index is 957. The van der Waals surface area contributed by atoms with Crippen molar-refractivity contribution in [1.82, 2.24) is 10.2 Å². The summed E-state index contributed by atoms with van der Waals surface area (Å²) in [7, 11) is 0. The second-order valence-electron chi connectivity index (χ2n) is 8.85. The number of thioether (sulfide) groups is 1. The van der Waals surface area contributed by atoms with Crippen molar-refractivity contribution >= 4 is 41.6 Å². The van der Waals surface area contributed by atoms with E-state index in [0.717, 1.165) is 48.9 Å². The number of para-hydroxylation sites is 1. The predicted molar refractivity (Wildman–Crippen MR) is 153 cm³/mol. The molecular weight excluding hydrogens is 470 g/mol. The van der Waals surface area contributed by atoms with Gasteiger partial charge in [0.15, 0.2) is 5.78 Å². The first-order chi connectivity index (χ1) is 17.5. The van der Waals surface area contributed by atoms with Crippen LogP contribution in [0.2, 0.25) is 0 Å². The normalized spacial score (nSPS) is 23.5. The Kier molecular flexibility index (Phi) is 12.2. The van der Waals surface area contributed by atoms with Crippen LogP contribution in [0.4, 0.5) is 5.69 Å². The van der Waals surface area contributed by atoms with E-state index in [1.165, 1.54) is 6.21 Å². The van der Waals surface area contributed by atoms with Gasteiger partial charge in [-0.25, -0.2) is 0 Å². The van der Waals surface area contributed by atoms with E-state index in [2.05, 4.69) is 22.8 Å². The van der Waals surface area contributed by atoms with Gasteiger partial charge in [0.1, 0.15) is 0 Å². The van der Waals surface area contributed by atoms with E-state index in [-0.39, 0.29) is 34.9 Å². The number of hydrogen-bond donors (Lipinski definition) is 3. The summed E-state index contributed by atoms with van der Waals surface area (Å²) < 4.78 is 0. The minimum Gasteiger partial charge on any atom is -0.369 e. The van der Waals surface area contributed by atoms with Gasteiger partial charge in [-0.2, -0.15) is 5.10 Å². The molecule has 1 amide bonds. The molecule has 0 aromatic heterocycles. The maximum atomic E-state index is 13.5. The number of likely N-dealkylation sites (tertiary alicyclic amines) is 1. The average Bonchev–Trinajstić information content (AvgIpc) is 3.27. The smallest absolute Gasteiger partial charge is 0.256 e. The van der Waals surface area contributed by atoms with E-state index in [1.54, 1.807) is 11.8 Å². The Labute approximate surface area is 221 Å². The number of piperidine rings is 1. The fourth-order valence-corrected chi connectivity index (χ4v) is 5.84. The molecule has 0 radical (unpaired) electrons. The van der Waals surface area contributed by atoms with Gasteiger partial charge < -0.3 is 15.6 Å². The lowest BCUT2D eigenvalue weighted by molar-refractivity contribution is -0.121. The number of nitrogens with one attached hydrogen (secondary N) is 3. The number of Topliss-reactive ketones (excluding diaryl/α,β-unsaturated/α-hetero) is 1. The molecule has 2 unspecified atom stereocenters. The minimum absolute atomic E-state index is 0.0196. The van der Waals surface area contributed by atoms with Gasteiger partial charge in [0.25, 0.3) is 5.91 Å². The first kappa shape index (κ1) is 29.6. The molecule has 2 aliphatic heterocycles. The average molecular weight is 514 g/mol. The standard InChI is InChI=1S/C24H31N5O2S.2C2H6/c1-15-10-11-18(23-27-21(16(2)32-23)22(30)17-6-5-7-17)14-29(15)24(31)19-8-3-4-9-20(19)28-26-13-12-25;2*1-2/h3-4,8-9,12-13,15,17-18,23,25,27-28H,5-7,10-11,14H2,1-2H3;2*1-2H3/b25-12?,26-13-;;/t15-,18?,23?;;/m1../s1. The summed E-state index contributed by atoms with van der Waals surface area (Å²) in [5.74, 6) is 0.716. The molecule has 1 saturated carbocycles. The molecule has 1 aromatic carbocycles. The lowest BCUT2D eigenvalue weighted by Crippen LogP contribution is -2.49. The SMILES string of the molecule is CC.CC.CC1=C(C(=O)C2CCC2)NC(C2CC[C@@H](C)N(C(=O)c3ccccc3N/N=C\C=N)C2)S1. The van der Waals surface area contributed by atoms with Gasteiger partial charge in [-0.05, 0) is 51.7 Å². The summed E-state index contributed by atoms with van der Waals surface area (Å²) in [4.78, 5) is 29.3. The van der Waals surface area contributed by atoms with Crippen LogP contribution in [0, 0.1) is 17.2 Å². The Hall–Kier alpha value is -2.61. The molecule has 2 fully saturated rings. The highest BCUT2D eigenvalue weighted by Crippen LogP contribution is 2.41. The highest BCUT2D eigenvalue weighted by molar-refractivity contribution is 8.03. The molecule has 36 heavy (non-hydrogen) atoms. The quantitative estimate of drug-likeness (QED) is 0.294. The number of anilines is 1. The van der Waals surface area contributed by atoms with E-state index < -0.39 is 0 Å². The van der Waals surface area contributed by atoms with Crippen LogP contribution in [0.3, 0.4) is 0 Å².